The van der Waals surface area contributed by atoms with Crippen LogP contribution < -0.4 is 5.32 Å². The number of benzene rings is 1. The molecule has 2 rings (SSSR count). The molecule has 0 amide bonds. The summed E-state index contributed by atoms with van der Waals surface area (Å²) in [6.45, 7) is 2.52. The van der Waals surface area contributed by atoms with E-state index in [1.165, 1.54) is 6.07 Å². The molecule has 1 heterocycles. The van der Waals surface area contributed by atoms with E-state index in [0.717, 1.165) is 9.48 Å². The van der Waals surface area contributed by atoms with E-state index in [2.05, 4.69) is 26.2 Å². The van der Waals surface area contributed by atoms with Crippen molar-refractivity contribution in [2.24, 2.45) is 0 Å². The average Bonchev–Trinajstić information content (AvgIpc) is 2.81. The normalized spacial score (nSPS) is 12.6. The summed E-state index contributed by atoms with van der Waals surface area (Å²) in [6, 6.07) is 5.23. The van der Waals surface area contributed by atoms with Gasteiger partial charge >= 0.3 is 0 Å². The Kier molecular flexibility index (Phi) is 4.25. The second kappa shape index (κ2) is 5.71. The minimum atomic E-state index is -0.196. The first-order valence-electron chi connectivity index (χ1n) is 5.23. The number of thiazole rings is 1. The number of aromatic nitrogens is 1. The number of nitrogens with one attached hydrogen (secondary N) is 1. The smallest absolute Gasteiger partial charge is 0.128 e. The fourth-order valence-corrected chi connectivity index (χ4v) is 2.47. The summed E-state index contributed by atoms with van der Waals surface area (Å²) in [4.78, 5) is 4.22. The van der Waals surface area contributed by atoms with E-state index in [0.29, 0.717) is 12.1 Å². The van der Waals surface area contributed by atoms with Crippen molar-refractivity contribution in [1.29, 1.82) is 0 Å². The van der Waals surface area contributed by atoms with Gasteiger partial charge in [0.05, 0.1) is 6.04 Å². The van der Waals surface area contributed by atoms with Crippen LogP contribution in [-0.4, -0.2) is 4.98 Å². The Bertz CT molecular complexity index is 487. The van der Waals surface area contributed by atoms with Crippen molar-refractivity contribution in [2.45, 2.75) is 19.5 Å². The Morgan fingerprint density at radius 3 is 3.00 bits per heavy atom. The summed E-state index contributed by atoms with van der Waals surface area (Å²) in [5.74, 6) is -0.196. The molecule has 1 unspecified atom stereocenters. The van der Waals surface area contributed by atoms with Gasteiger partial charge in [-0.25, -0.2) is 9.37 Å². The number of rotatable bonds is 4. The van der Waals surface area contributed by atoms with Gasteiger partial charge in [0.15, 0.2) is 0 Å². The molecule has 0 saturated carbocycles. The third-order valence-electron chi connectivity index (χ3n) is 2.44. The molecule has 0 fully saturated rings. The van der Waals surface area contributed by atoms with Crippen molar-refractivity contribution in [3.63, 3.8) is 0 Å². The fourth-order valence-electron chi connectivity index (χ4n) is 1.46. The molecule has 1 aromatic carbocycles. The van der Waals surface area contributed by atoms with Crippen LogP contribution in [0.4, 0.5) is 4.39 Å². The van der Waals surface area contributed by atoms with Crippen LogP contribution >= 0.6 is 27.3 Å². The molecule has 0 spiro atoms. The van der Waals surface area contributed by atoms with Gasteiger partial charge in [-0.2, -0.15) is 0 Å². The van der Waals surface area contributed by atoms with E-state index in [1.54, 1.807) is 23.6 Å². The molecular weight excluding hydrogens is 303 g/mol. The van der Waals surface area contributed by atoms with Crippen molar-refractivity contribution in [1.82, 2.24) is 10.3 Å². The molecule has 2 nitrogen and oxygen atoms in total. The molecule has 1 atom stereocenters. The monoisotopic (exact) mass is 314 g/mol. The van der Waals surface area contributed by atoms with Gasteiger partial charge in [-0.05, 0) is 19.1 Å². The van der Waals surface area contributed by atoms with Crippen LogP contribution in [-0.2, 0) is 6.54 Å². The standard InChI is InChI=1S/C12H12BrFN2S/c1-8(12-15-4-5-17-12)16-7-9-2-3-10(13)6-11(9)14/h2-6,8,16H,7H2,1H3. The quantitative estimate of drug-likeness (QED) is 0.926. The fraction of sp³-hybridized carbons (Fsp3) is 0.250. The summed E-state index contributed by atoms with van der Waals surface area (Å²) in [5.41, 5.74) is 0.664. The third-order valence-corrected chi connectivity index (χ3v) is 3.89. The largest absolute Gasteiger partial charge is 0.304 e. The molecular formula is C12H12BrFN2S. The number of halogens is 2. The highest BCUT2D eigenvalue weighted by atomic mass is 79.9. The van der Waals surface area contributed by atoms with Crippen LogP contribution in [0.2, 0.25) is 0 Å². The molecule has 5 heteroatoms. The maximum Gasteiger partial charge on any atom is 0.128 e. The molecule has 0 aliphatic rings. The van der Waals surface area contributed by atoms with E-state index in [1.807, 2.05) is 18.4 Å². The van der Waals surface area contributed by atoms with Crippen molar-refractivity contribution >= 4 is 27.3 Å². The van der Waals surface area contributed by atoms with Crippen molar-refractivity contribution in [3.8, 4) is 0 Å². The lowest BCUT2D eigenvalue weighted by Crippen LogP contribution is -2.18. The van der Waals surface area contributed by atoms with Gasteiger partial charge in [0, 0.05) is 28.2 Å². The molecule has 1 aromatic heterocycles. The second-order valence-corrected chi connectivity index (χ2v) is 5.55. The first kappa shape index (κ1) is 12.7. The Labute approximate surface area is 112 Å². The van der Waals surface area contributed by atoms with Crippen LogP contribution in [0.5, 0.6) is 0 Å². The second-order valence-electron chi connectivity index (χ2n) is 3.71. The molecule has 2 aromatic rings. The van der Waals surface area contributed by atoms with Crippen LogP contribution in [0, 0.1) is 5.82 Å². The predicted molar refractivity (Wildman–Crippen MR) is 71.5 cm³/mol. The number of hydrogen-bond donors (Lipinski definition) is 1. The molecule has 0 aliphatic heterocycles. The first-order valence-corrected chi connectivity index (χ1v) is 6.91. The number of nitrogens with zero attached hydrogens (tertiary/aromatic N) is 1. The summed E-state index contributed by atoms with van der Waals surface area (Å²) >= 11 is 4.84. The van der Waals surface area contributed by atoms with Crippen molar-refractivity contribution in [3.05, 3.63) is 50.6 Å². The Morgan fingerprint density at radius 1 is 1.53 bits per heavy atom. The van der Waals surface area contributed by atoms with Crippen molar-refractivity contribution in [2.75, 3.05) is 0 Å². The maximum atomic E-state index is 13.6. The topological polar surface area (TPSA) is 24.9 Å². The Morgan fingerprint density at radius 2 is 2.35 bits per heavy atom. The summed E-state index contributed by atoms with van der Waals surface area (Å²) in [7, 11) is 0. The first-order chi connectivity index (χ1) is 8.16. The van der Waals surface area contributed by atoms with Gasteiger partial charge in [-0.3, -0.25) is 0 Å². The van der Waals surface area contributed by atoms with E-state index >= 15 is 0 Å². The molecule has 17 heavy (non-hydrogen) atoms. The minimum absolute atomic E-state index is 0.137. The molecule has 90 valence electrons. The zero-order chi connectivity index (χ0) is 12.3. The zero-order valence-electron chi connectivity index (χ0n) is 9.28. The highest BCUT2D eigenvalue weighted by molar-refractivity contribution is 9.10. The van der Waals surface area contributed by atoms with Gasteiger partial charge in [-0.1, -0.05) is 22.0 Å². The van der Waals surface area contributed by atoms with Gasteiger partial charge in [0.25, 0.3) is 0 Å². The van der Waals surface area contributed by atoms with Gasteiger partial charge in [0.2, 0.25) is 0 Å². The highest BCUT2D eigenvalue weighted by Crippen LogP contribution is 2.18. The molecule has 0 bridgehead atoms. The molecule has 1 N–H and O–H groups in total. The van der Waals surface area contributed by atoms with Crippen LogP contribution in [0.3, 0.4) is 0 Å². The van der Waals surface area contributed by atoms with E-state index < -0.39 is 0 Å². The lowest BCUT2D eigenvalue weighted by molar-refractivity contribution is 0.542. The summed E-state index contributed by atoms with van der Waals surface area (Å²) in [5, 5.41) is 6.21. The Hall–Kier alpha value is -0.780. The molecule has 0 saturated heterocycles. The van der Waals surface area contributed by atoms with Gasteiger partial charge in [-0.15, -0.1) is 11.3 Å². The zero-order valence-corrected chi connectivity index (χ0v) is 11.7. The van der Waals surface area contributed by atoms with Crippen LogP contribution in [0.25, 0.3) is 0 Å². The third kappa shape index (κ3) is 3.34. The number of hydrogen-bond acceptors (Lipinski definition) is 3. The van der Waals surface area contributed by atoms with Gasteiger partial charge in [0.1, 0.15) is 10.8 Å². The minimum Gasteiger partial charge on any atom is -0.304 e. The summed E-state index contributed by atoms with van der Waals surface area (Å²) in [6.07, 6.45) is 1.78. The van der Waals surface area contributed by atoms with Crippen molar-refractivity contribution < 1.29 is 4.39 Å². The highest BCUT2D eigenvalue weighted by Gasteiger charge is 2.09. The average molecular weight is 315 g/mol. The van der Waals surface area contributed by atoms with Crippen LogP contribution in [0.15, 0.2) is 34.2 Å². The van der Waals surface area contributed by atoms with E-state index in [4.69, 9.17) is 0 Å². The van der Waals surface area contributed by atoms with Crippen LogP contribution in [0.1, 0.15) is 23.5 Å². The van der Waals surface area contributed by atoms with Gasteiger partial charge < -0.3 is 5.32 Å². The molecule has 0 radical (unpaired) electrons. The Balaban J connectivity index is 1.98. The SMILES string of the molecule is CC(NCc1ccc(Br)cc1F)c1nccs1. The molecule has 0 aliphatic carbocycles. The lowest BCUT2D eigenvalue weighted by atomic mass is 10.2. The maximum absolute atomic E-state index is 13.6. The summed E-state index contributed by atoms with van der Waals surface area (Å²) < 4.78 is 14.3. The predicted octanol–water partition coefficient (Wildman–Crippen LogP) is 3.90. The lowest BCUT2D eigenvalue weighted by Gasteiger charge is -2.11. The van der Waals surface area contributed by atoms with E-state index in [9.17, 15) is 4.39 Å². The van der Waals surface area contributed by atoms with E-state index in [-0.39, 0.29) is 11.9 Å².